The van der Waals surface area contributed by atoms with Crippen molar-refractivity contribution in [2.75, 3.05) is 7.11 Å². The van der Waals surface area contributed by atoms with E-state index in [1.165, 1.54) is 14.0 Å². The Morgan fingerprint density at radius 1 is 1.00 bits per heavy atom. The highest BCUT2D eigenvalue weighted by Crippen LogP contribution is 2.09. The van der Waals surface area contributed by atoms with E-state index in [1.54, 1.807) is 0 Å². The number of carbonyl (C=O) groups excluding carboxylic acids is 3. The van der Waals surface area contributed by atoms with Gasteiger partial charge >= 0.3 is 5.97 Å². The second-order valence-corrected chi connectivity index (χ2v) is 6.55. The molecule has 0 aliphatic heterocycles. The van der Waals surface area contributed by atoms with Crippen molar-refractivity contribution in [3.05, 3.63) is 0 Å². The summed E-state index contributed by atoms with van der Waals surface area (Å²) in [4.78, 5) is 36.2. The fourth-order valence-corrected chi connectivity index (χ4v) is 2.11. The normalized spacial score (nSPS) is 14.2. The molecule has 0 aliphatic carbocycles. The number of methoxy groups -OCH3 is 1. The van der Waals surface area contributed by atoms with Gasteiger partial charge in [-0.25, -0.2) is 4.79 Å². The Morgan fingerprint density at radius 2 is 1.50 bits per heavy atom. The number of hydrogen-bond acceptors (Lipinski definition) is 6. The molecule has 0 unspecified atom stereocenters. The van der Waals surface area contributed by atoms with E-state index in [4.69, 9.17) is 9.94 Å². The van der Waals surface area contributed by atoms with E-state index < -0.39 is 29.9 Å². The van der Waals surface area contributed by atoms with Gasteiger partial charge in [0.15, 0.2) is 0 Å². The molecule has 24 heavy (non-hydrogen) atoms. The zero-order valence-corrected chi connectivity index (χ0v) is 15.3. The lowest BCUT2D eigenvalue weighted by atomic mass is 10.0. The number of ether oxygens (including phenoxy) is 1. The Balaban J connectivity index is 5.13. The van der Waals surface area contributed by atoms with Crippen molar-refractivity contribution >= 4 is 23.5 Å². The predicted molar refractivity (Wildman–Crippen MR) is 89.7 cm³/mol. The van der Waals surface area contributed by atoms with E-state index in [2.05, 4.69) is 15.8 Å². The molecule has 0 spiro atoms. The van der Waals surface area contributed by atoms with Gasteiger partial charge in [-0.15, -0.1) is 0 Å². The summed E-state index contributed by atoms with van der Waals surface area (Å²) in [5.41, 5.74) is -0.150. The first-order valence-corrected chi connectivity index (χ1v) is 8.00. The molecule has 0 heterocycles. The monoisotopic (exact) mass is 343 g/mol. The molecule has 8 heteroatoms. The van der Waals surface area contributed by atoms with E-state index in [9.17, 15) is 14.4 Å². The molecular formula is C16H29N3O5. The Kier molecular flexibility index (Phi) is 9.68. The second-order valence-electron chi connectivity index (χ2n) is 6.55. The smallest absolute Gasteiger partial charge is 0.328 e. The number of amides is 2. The number of esters is 1. The summed E-state index contributed by atoms with van der Waals surface area (Å²) in [5.74, 6) is -1.33. The van der Waals surface area contributed by atoms with Crippen LogP contribution in [0.15, 0.2) is 5.16 Å². The highest BCUT2D eigenvalue weighted by molar-refractivity contribution is 6.38. The number of hydrogen-bond donors (Lipinski definition) is 3. The summed E-state index contributed by atoms with van der Waals surface area (Å²) in [6, 6.07) is -1.62. The van der Waals surface area contributed by atoms with E-state index in [0.717, 1.165) is 0 Å². The summed E-state index contributed by atoms with van der Waals surface area (Å²) in [6.45, 7) is 9.00. The lowest BCUT2D eigenvalue weighted by molar-refractivity contribution is -0.145. The molecule has 0 aromatic rings. The van der Waals surface area contributed by atoms with E-state index in [-0.39, 0.29) is 17.5 Å². The molecular weight excluding hydrogens is 314 g/mol. The Bertz CT molecular complexity index is 474. The zero-order chi connectivity index (χ0) is 18.9. The van der Waals surface area contributed by atoms with Crippen molar-refractivity contribution in [3.63, 3.8) is 0 Å². The Morgan fingerprint density at radius 3 is 1.92 bits per heavy atom. The number of carbonyl (C=O) groups is 3. The van der Waals surface area contributed by atoms with Crippen molar-refractivity contribution < 1.29 is 24.3 Å². The first-order chi connectivity index (χ1) is 11.1. The van der Waals surface area contributed by atoms with Gasteiger partial charge in [0.1, 0.15) is 17.8 Å². The van der Waals surface area contributed by atoms with E-state index in [1.807, 2.05) is 27.7 Å². The van der Waals surface area contributed by atoms with Gasteiger partial charge in [0.25, 0.3) is 5.91 Å². The molecule has 2 atom stereocenters. The molecule has 8 nitrogen and oxygen atoms in total. The number of nitrogens with zero attached hydrogens (tertiary/aromatic N) is 1. The van der Waals surface area contributed by atoms with Crippen molar-refractivity contribution in [2.24, 2.45) is 17.0 Å². The van der Waals surface area contributed by atoms with Crippen LogP contribution >= 0.6 is 0 Å². The molecule has 0 fully saturated rings. The minimum Gasteiger partial charge on any atom is -0.467 e. The number of nitrogens with one attached hydrogen (secondary N) is 2. The third-order valence-corrected chi connectivity index (χ3v) is 3.32. The maximum atomic E-state index is 12.5. The third kappa shape index (κ3) is 7.94. The van der Waals surface area contributed by atoms with Crippen LogP contribution in [0, 0.1) is 11.8 Å². The fourth-order valence-electron chi connectivity index (χ4n) is 2.11. The van der Waals surface area contributed by atoms with Gasteiger partial charge in [0.05, 0.1) is 7.11 Å². The van der Waals surface area contributed by atoms with Crippen LogP contribution < -0.4 is 10.6 Å². The summed E-state index contributed by atoms with van der Waals surface area (Å²) in [5, 5.41) is 16.6. The molecule has 0 bridgehead atoms. The average Bonchev–Trinajstić information content (AvgIpc) is 2.50. The molecule has 2 amide bonds. The van der Waals surface area contributed by atoms with Gasteiger partial charge in [-0.3, -0.25) is 9.59 Å². The molecule has 0 saturated carbocycles. The lowest BCUT2D eigenvalue weighted by Crippen LogP contribution is -2.53. The summed E-state index contributed by atoms with van der Waals surface area (Å²) in [7, 11) is 1.26. The number of oxime groups is 1. The van der Waals surface area contributed by atoms with Crippen LogP contribution in [0.1, 0.15) is 47.5 Å². The first-order valence-electron chi connectivity index (χ1n) is 8.00. The maximum absolute atomic E-state index is 12.5. The standard InChI is InChI=1S/C16H29N3O5/c1-9(2)7-12(17-14(20)11(5)19-23)15(21)18-13(8-10(3)4)16(22)24-6/h9-10,12-13,23H,7-8H2,1-6H3,(H,17,20)(H,18,21)/b19-11+/t12-,13-/m0/s1. The Hall–Kier alpha value is -2.12. The third-order valence-electron chi connectivity index (χ3n) is 3.32. The number of rotatable bonds is 9. The van der Waals surface area contributed by atoms with Crippen LogP contribution in [0.4, 0.5) is 0 Å². The van der Waals surface area contributed by atoms with Gasteiger partial charge in [-0.1, -0.05) is 32.9 Å². The van der Waals surface area contributed by atoms with Crippen LogP contribution in [-0.2, 0) is 19.1 Å². The topological polar surface area (TPSA) is 117 Å². The molecule has 0 rings (SSSR count). The molecule has 0 aliphatic rings. The molecule has 0 aromatic carbocycles. The van der Waals surface area contributed by atoms with E-state index in [0.29, 0.717) is 12.8 Å². The van der Waals surface area contributed by atoms with Gasteiger partial charge in [0.2, 0.25) is 5.91 Å². The minimum atomic E-state index is -0.839. The summed E-state index contributed by atoms with van der Waals surface area (Å²) >= 11 is 0. The molecule has 0 aromatic heterocycles. The first kappa shape index (κ1) is 21.9. The Labute approximate surface area is 143 Å². The van der Waals surface area contributed by atoms with Crippen molar-refractivity contribution in [1.29, 1.82) is 0 Å². The van der Waals surface area contributed by atoms with Crippen molar-refractivity contribution in [3.8, 4) is 0 Å². The summed E-state index contributed by atoms with van der Waals surface area (Å²) in [6.07, 6.45) is 0.809. The van der Waals surface area contributed by atoms with Crippen LogP contribution in [0.2, 0.25) is 0 Å². The maximum Gasteiger partial charge on any atom is 0.328 e. The van der Waals surface area contributed by atoms with Gasteiger partial charge < -0.3 is 20.6 Å². The quantitative estimate of drug-likeness (QED) is 0.250. The van der Waals surface area contributed by atoms with Crippen molar-refractivity contribution in [1.82, 2.24) is 10.6 Å². The second kappa shape index (κ2) is 10.6. The molecule has 0 radical (unpaired) electrons. The molecule has 3 N–H and O–H groups in total. The minimum absolute atomic E-state index is 0.133. The van der Waals surface area contributed by atoms with Crippen molar-refractivity contribution in [2.45, 2.75) is 59.5 Å². The SMILES string of the molecule is COC(=O)[C@H](CC(C)C)NC(=O)[C@H](CC(C)C)NC(=O)/C(C)=N/O. The fraction of sp³-hybridized carbons (Fsp3) is 0.750. The van der Waals surface area contributed by atoms with Gasteiger partial charge in [-0.05, 0) is 31.6 Å². The highest BCUT2D eigenvalue weighted by Gasteiger charge is 2.28. The molecule has 138 valence electrons. The highest BCUT2D eigenvalue weighted by atomic mass is 16.5. The van der Waals surface area contributed by atoms with Gasteiger partial charge in [-0.2, -0.15) is 0 Å². The van der Waals surface area contributed by atoms with Crippen LogP contribution in [0.3, 0.4) is 0 Å². The van der Waals surface area contributed by atoms with E-state index >= 15 is 0 Å². The zero-order valence-electron chi connectivity index (χ0n) is 15.3. The van der Waals surface area contributed by atoms with Crippen LogP contribution in [0.25, 0.3) is 0 Å². The van der Waals surface area contributed by atoms with Crippen LogP contribution in [-0.4, -0.2) is 47.9 Å². The largest absolute Gasteiger partial charge is 0.467 e. The van der Waals surface area contributed by atoms with Gasteiger partial charge in [0, 0.05) is 0 Å². The lowest BCUT2D eigenvalue weighted by Gasteiger charge is -2.24. The van der Waals surface area contributed by atoms with Crippen LogP contribution in [0.5, 0.6) is 0 Å². The summed E-state index contributed by atoms with van der Waals surface area (Å²) < 4.78 is 4.72. The molecule has 0 saturated heterocycles. The predicted octanol–water partition coefficient (Wildman–Crippen LogP) is 1.07. The average molecular weight is 343 g/mol.